The molecule has 0 radical (unpaired) electrons. The zero-order chi connectivity index (χ0) is 15.3. The van der Waals surface area contributed by atoms with E-state index in [1.54, 1.807) is 19.3 Å². The third kappa shape index (κ3) is 4.30. The zero-order valence-corrected chi connectivity index (χ0v) is 12.9. The van der Waals surface area contributed by atoms with Gasteiger partial charge in [0.2, 0.25) is 10.0 Å². The topological polar surface area (TPSA) is 84.2 Å². The first-order chi connectivity index (χ1) is 10.0. The molecule has 2 aromatic rings. The minimum atomic E-state index is -3.58. The van der Waals surface area contributed by atoms with Crippen LogP contribution in [-0.2, 0) is 16.4 Å². The fraction of sp³-hybridized carbons (Fsp3) is 0.357. The van der Waals surface area contributed by atoms with Gasteiger partial charge in [-0.2, -0.15) is 0 Å². The van der Waals surface area contributed by atoms with Crippen molar-refractivity contribution >= 4 is 15.8 Å². The molecule has 1 atom stereocenters. The average Bonchev–Trinajstić information content (AvgIpc) is 2.91. The number of nitrogens with zero attached hydrogens (tertiary/aromatic N) is 1. The molecule has 0 saturated carbocycles. The van der Waals surface area contributed by atoms with Crippen molar-refractivity contribution in [2.75, 3.05) is 11.9 Å². The summed E-state index contributed by atoms with van der Waals surface area (Å²) >= 11 is 0. The highest BCUT2D eigenvalue weighted by atomic mass is 32.2. The Kier molecular flexibility index (Phi) is 4.98. The summed E-state index contributed by atoms with van der Waals surface area (Å²) in [6, 6.07) is 6.33. The molecule has 2 rings (SSSR count). The van der Waals surface area contributed by atoms with Crippen LogP contribution in [0.4, 0.5) is 5.82 Å². The van der Waals surface area contributed by atoms with E-state index in [2.05, 4.69) is 15.0 Å². The summed E-state index contributed by atoms with van der Waals surface area (Å²) in [5.74, 6) is 1.28. The van der Waals surface area contributed by atoms with Gasteiger partial charge in [-0.15, -0.1) is 0 Å². The monoisotopic (exact) mass is 309 g/mol. The number of hydrogen-bond acceptors (Lipinski definition) is 5. The SMILES string of the molecule is CCNc1cc(S(=O)(=O)NC(C)Cc2ccco2)ccn1. The van der Waals surface area contributed by atoms with Crippen molar-refractivity contribution in [1.29, 1.82) is 0 Å². The van der Waals surface area contributed by atoms with Crippen molar-refractivity contribution < 1.29 is 12.8 Å². The largest absolute Gasteiger partial charge is 0.469 e. The van der Waals surface area contributed by atoms with Crippen LogP contribution in [0.25, 0.3) is 0 Å². The lowest BCUT2D eigenvalue weighted by Crippen LogP contribution is -2.34. The van der Waals surface area contributed by atoms with E-state index in [1.807, 2.05) is 13.0 Å². The van der Waals surface area contributed by atoms with Crippen LogP contribution in [0.15, 0.2) is 46.0 Å². The molecule has 0 amide bonds. The van der Waals surface area contributed by atoms with Gasteiger partial charge in [0, 0.05) is 31.3 Å². The predicted octanol–water partition coefficient (Wildman–Crippen LogP) is 2.02. The van der Waals surface area contributed by atoms with Gasteiger partial charge in [0.1, 0.15) is 11.6 Å². The maximum Gasteiger partial charge on any atom is 0.241 e. The van der Waals surface area contributed by atoms with Crippen molar-refractivity contribution in [3.8, 4) is 0 Å². The fourth-order valence-electron chi connectivity index (χ4n) is 1.96. The van der Waals surface area contributed by atoms with Gasteiger partial charge in [-0.3, -0.25) is 0 Å². The van der Waals surface area contributed by atoms with Crippen molar-refractivity contribution in [1.82, 2.24) is 9.71 Å². The van der Waals surface area contributed by atoms with E-state index in [9.17, 15) is 8.42 Å². The maximum atomic E-state index is 12.3. The van der Waals surface area contributed by atoms with E-state index >= 15 is 0 Å². The summed E-state index contributed by atoms with van der Waals surface area (Å²) < 4.78 is 32.5. The smallest absolute Gasteiger partial charge is 0.241 e. The van der Waals surface area contributed by atoms with Crippen LogP contribution in [0.3, 0.4) is 0 Å². The lowest BCUT2D eigenvalue weighted by atomic mass is 10.2. The molecule has 2 aromatic heterocycles. The molecule has 0 bridgehead atoms. The molecule has 21 heavy (non-hydrogen) atoms. The Morgan fingerprint density at radius 1 is 1.38 bits per heavy atom. The highest BCUT2D eigenvalue weighted by Gasteiger charge is 2.18. The summed E-state index contributed by atoms with van der Waals surface area (Å²) in [6.07, 6.45) is 3.54. The van der Waals surface area contributed by atoms with Crippen LogP contribution >= 0.6 is 0 Å². The van der Waals surface area contributed by atoms with E-state index < -0.39 is 10.0 Å². The normalized spacial score (nSPS) is 13.0. The molecule has 6 nitrogen and oxygen atoms in total. The first kappa shape index (κ1) is 15.5. The molecule has 0 aromatic carbocycles. The van der Waals surface area contributed by atoms with Gasteiger partial charge in [-0.05, 0) is 32.0 Å². The minimum Gasteiger partial charge on any atom is -0.469 e. The molecule has 2 heterocycles. The first-order valence-corrected chi connectivity index (χ1v) is 8.24. The lowest BCUT2D eigenvalue weighted by Gasteiger charge is -2.13. The number of hydrogen-bond donors (Lipinski definition) is 2. The van der Waals surface area contributed by atoms with Crippen molar-refractivity contribution in [2.24, 2.45) is 0 Å². The molecule has 0 fully saturated rings. The van der Waals surface area contributed by atoms with E-state index in [0.29, 0.717) is 18.8 Å². The second-order valence-electron chi connectivity index (χ2n) is 4.71. The van der Waals surface area contributed by atoms with Crippen LogP contribution in [0, 0.1) is 0 Å². The molecule has 0 aliphatic carbocycles. The summed E-state index contributed by atoms with van der Waals surface area (Å²) in [7, 11) is -3.58. The molecule has 0 aliphatic heterocycles. The summed E-state index contributed by atoms with van der Waals surface area (Å²) in [6.45, 7) is 4.40. The number of rotatable bonds is 7. The predicted molar refractivity (Wildman–Crippen MR) is 80.6 cm³/mol. The van der Waals surface area contributed by atoms with E-state index in [-0.39, 0.29) is 10.9 Å². The van der Waals surface area contributed by atoms with Crippen LogP contribution in [0.1, 0.15) is 19.6 Å². The third-order valence-electron chi connectivity index (χ3n) is 2.84. The zero-order valence-electron chi connectivity index (χ0n) is 12.0. The number of pyridine rings is 1. The number of anilines is 1. The molecule has 2 N–H and O–H groups in total. The van der Waals surface area contributed by atoms with E-state index in [0.717, 1.165) is 5.76 Å². The van der Waals surface area contributed by atoms with Crippen LogP contribution in [-0.4, -0.2) is 26.0 Å². The van der Waals surface area contributed by atoms with Crippen molar-refractivity contribution in [3.63, 3.8) is 0 Å². The van der Waals surface area contributed by atoms with Gasteiger partial charge in [-0.25, -0.2) is 18.1 Å². The van der Waals surface area contributed by atoms with E-state index in [1.165, 1.54) is 18.3 Å². The highest BCUT2D eigenvalue weighted by Crippen LogP contribution is 2.14. The number of furan rings is 1. The van der Waals surface area contributed by atoms with Gasteiger partial charge < -0.3 is 9.73 Å². The fourth-order valence-corrected chi connectivity index (χ4v) is 3.22. The lowest BCUT2D eigenvalue weighted by molar-refractivity contribution is 0.479. The summed E-state index contributed by atoms with van der Waals surface area (Å²) in [4.78, 5) is 4.26. The maximum absolute atomic E-state index is 12.3. The van der Waals surface area contributed by atoms with E-state index in [4.69, 9.17) is 4.42 Å². The Morgan fingerprint density at radius 3 is 2.86 bits per heavy atom. The van der Waals surface area contributed by atoms with Gasteiger partial charge in [0.15, 0.2) is 0 Å². The second-order valence-corrected chi connectivity index (χ2v) is 6.43. The average molecular weight is 309 g/mol. The van der Waals surface area contributed by atoms with Gasteiger partial charge in [-0.1, -0.05) is 0 Å². The second kappa shape index (κ2) is 6.73. The molecular formula is C14H19N3O3S. The van der Waals surface area contributed by atoms with Crippen molar-refractivity contribution in [2.45, 2.75) is 31.2 Å². The minimum absolute atomic E-state index is 0.194. The molecule has 1 unspecified atom stereocenters. The molecule has 7 heteroatoms. The van der Waals surface area contributed by atoms with Gasteiger partial charge in [0.05, 0.1) is 11.2 Å². The third-order valence-corrected chi connectivity index (χ3v) is 4.43. The Hall–Kier alpha value is -1.86. The highest BCUT2D eigenvalue weighted by molar-refractivity contribution is 7.89. The first-order valence-electron chi connectivity index (χ1n) is 6.76. The van der Waals surface area contributed by atoms with Gasteiger partial charge in [0.25, 0.3) is 0 Å². The number of nitrogens with one attached hydrogen (secondary N) is 2. The van der Waals surface area contributed by atoms with Crippen LogP contribution < -0.4 is 10.0 Å². The Bertz CT molecular complexity index is 669. The summed E-state index contributed by atoms with van der Waals surface area (Å²) in [5.41, 5.74) is 0. The Labute approximate surface area is 124 Å². The standard InChI is InChI=1S/C14H19N3O3S/c1-3-15-14-10-13(6-7-16-14)21(18,19)17-11(2)9-12-5-4-8-20-12/h4-8,10-11,17H,3,9H2,1-2H3,(H,15,16). The molecule has 114 valence electrons. The summed E-state index contributed by atoms with van der Waals surface area (Å²) in [5, 5.41) is 2.99. The molecule has 0 saturated heterocycles. The van der Waals surface area contributed by atoms with Crippen molar-refractivity contribution in [3.05, 3.63) is 42.5 Å². The molecule has 0 aliphatic rings. The molecular weight excluding hydrogens is 290 g/mol. The Morgan fingerprint density at radius 2 is 2.19 bits per heavy atom. The Balaban J connectivity index is 2.08. The van der Waals surface area contributed by atoms with Gasteiger partial charge >= 0.3 is 0 Å². The number of sulfonamides is 1. The molecule has 0 spiro atoms. The van der Waals surface area contributed by atoms with Crippen LogP contribution in [0.5, 0.6) is 0 Å². The number of aromatic nitrogens is 1. The van der Waals surface area contributed by atoms with Crippen LogP contribution in [0.2, 0.25) is 0 Å². The quantitative estimate of drug-likeness (QED) is 0.817.